The van der Waals surface area contributed by atoms with Crippen LogP contribution in [0.5, 0.6) is 0 Å². The first-order valence-electron chi connectivity index (χ1n) is 8.23. The number of nitrogens with zero attached hydrogens (tertiary/aromatic N) is 2. The van der Waals surface area contributed by atoms with Crippen LogP contribution >= 0.6 is 0 Å². The standard InChI is InChI=1S/C16H35N3/c1-6-15(4)18-9-11-19(12-10-18)16(5)7-8-17-13-14(2)3/h14-17H,6-13H2,1-5H3. The predicted octanol–water partition coefficient (Wildman–Crippen LogP) is 2.43. The first-order valence-corrected chi connectivity index (χ1v) is 8.23. The molecule has 0 aliphatic carbocycles. The molecule has 1 rings (SSSR count). The molecular weight excluding hydrogens is 234 g/mol. The largest absolute Gasteiger partial charge is 0.316 e. The van der Waals surface area contributed by atoms with Crippen molar-refractivity contribution in [3.8, 4) is 0 Å². The van der Waals surface area contributed by atoms with Crippen molar-refractivity contribution in [1.82, 2.24) is 15.1 Å². The Balaban J connectivity index is 2.16. The summed E-state index contributed by atoms with van der Waals surface area (Å²) in [7, 11) is 0. The molecule has 1 aliphatic heterocycles. The predicted molar refractivity (Wildman–Crippen MR) is 84.7 cm³/mol. The number of hydrogen-bond donors (Lipinski definition) is 1. The van der Waals surface area contributed by atoms with Gasteiger partial charge in [-0.15, -0.1) is 0 Å². The maximum absolute atomic E-state index is 3.55. The van der Waals surface area contributed by atoms with E-state index in [0.717, 1.165) is 31.1 Å². The first-order chi connectivity index (χ1) is 9.04. The monoisotopic (exact) mass is 269 g/mol. The molecule has 0 amide bonds. The number of piperazine rings is 1. The van der Waals surface area contributed by atoms with Crippen LogP contribution in [0.1, 0.15) is 47.5 Å². The zero-order chi connectivity index (χ0) is 14.3. The molecule has 0 aromatic rings. The third-order valence-electron chi connectivity index (χ3n) is 4.48. The van der Waals surface area contributed by atoms with Crippen LogP contribution in [0.3, 0.4) is 0 Å². The van der Waals surface area contributed by atoms with Crippen LogP contribution in [0.4, 0.5) is 0 Å². The average Bonchev–Trinajstić information content (AvgIpc) is 2.42. The summed E-state index contributed by atoms with van der Waals surface area (Å²) in [4.78, 5) is 5.30. The minimum atomic E-state index is 0.721. The van der Waals surface area contributed by atoms with Crippen LogP contribution in [-0.2, 0) is 0 Å². The van der Waals surface area contributed by atoms with Gasteiger partial charge < -0.3 is 5.32 Å². The molecule has 0 saturated carbocycles. The van der Waals surface area contributed by atoms with E-state index in [1.165, 1.54) is 39.0 Å². The summed E-state index contributed by atoms with van der Waals surface area (Å²) in [6.45, 7) is 18.9. The minimum absolute atomic E-state index is 0.721. The number of nitrogens with one attached hydrogen (secondary N) is 1. The maximum atomic E-state index is 3.55. The summed E-state index contributed by atoms with van der Waals surface area (Å²) < 4.78 is 0. The normalized spacial score (nSPS) is 21.8. The summed E-state index contributed by atoms with van der Waals surface area (Å²) in [5.74, 6) is 0.759. The number of rotatable bonds is 8. The van der Waals surface area contributed by atoms with E-state index >= 15 is 0 Å². The van der Waals surface area contributed by atoms with Crippen LogP contribution in [0.25, 0.3) is 0 Å². The lowest BCUT2D eigenvalue weighted by Gasteiger charge is -2.40. The molecule has 0 spiro atoms. The Morgan fingerprint density at radius 1 is 0.895 bits per heavy atom. The third kappa shape index (κ3) is 6.24. The van der Waals surface area contributed by atoms with Gasteiger partial charge in [-0.1, -0.05) is 20.8 Å². The molecule has 0 aromatic carbocycles. The first kappa shape index (κ1) is 16.9. The van der Waals surface area contributed by atoms with Gasteiger partial charge in [0.25, 0.3) is 0 Å². The van der Waals surface area contributed by atoms with E-state index in [4.69, 9.17) is 0 Å². The van der Waals surface area contributed by atoms with Crippen molar-refractivity contribution >= 4 is 0 Å². The fourth-order valence-electron chi connectivity index (χ4n) is 2.76. The lowest BCUT2D eigenvalue weighted by Crippen LogP contribution is -2.52. The molecule has 0 aromatic heterocycles. The van der Waals surface area contributed by atoms with Crippen molar-refractivity contribution in [1.29, 1.82) is 0 Å². The highest BCUT2D eigenvalue weighted by atomic mass is 15.3. The Labute approximate surface area is 120 Å². The van der Waals surface area contributed by atoms with Crippen LogP contribution in [-0.4, -0.2) is 61.2 Å². The highest BCUT2D eigenvalue weighted by Crippen LogP contribution is 2.12. The molecule has 0 radical (unpaired) electrons. The van der Waals surface area contributed by atoms with Crippen molar-refractivity contribution in [2.24, 2.45) is 5.92 Å². The van der Waals surface area contributed by atoms with Crippen molar-refractivity contribution in [3.63, 3.8) is 0 Å². The fraction of sp³-hybridized carbons (Fsp3) is 1.00. The van der Waals surface area contributed by atoms with Crippen LogP contribution in [0, 0.1) is 5.92 Å². The van der Waals surface area contributed by atoms with E-state index in [1.807, 2.05) is 0 Å². The van der Waals surface area contributed by atoms with Crippen LogP contribution in [0.2, 0.25) is 0 Å². The molecule has 2 unspecified atom stereocenters. The number of hydrogen-bond acceptors (Lipinski definition) is 3. The Morgan fingerprint density at radius 2 is 1.42 bits per heavy atom. The molecular formula is C16H35N3. The van der Waals surface area contributed by atoms with Gasteiger partial charge in [-0.3, -0.25) is 9.80 Å². The summed E-state index contributed by atoms with van der Waals surface area (Å²) in [5, 5.41) is 3.55. The van der Waals surface area contributed by atoms with Gasteiger partial charge in [0.2, 0.25) is 0 Å². The van der Waals surface area contributed by atoms with Gasteiger partial charge in [0.1, 0.15) is 0 Å². The summed E-state index contributed by atoms with van der Waals surface area (Å²) in [6, 6.07) is 1.48. The molecule has 114 valence electrons. The van der Waals surface area contributed by atoms with Gasteiger partial charge in [0, 0.05) is 38.3 Å². The van der Waals surface area contributed by atoms with Gasteiger partial charge in [-0.05, 0) is 45.7 Å². The lowest BCUT2D eigenvalue weighted by atomic mass is 10.1. The molecule has 2 atom stereocenters. The second kappa shape index (κ2) is 8.93. The Kier molecular flexibility index (Phi) is 7.96. The Hall–Kier alpha value is -0.120. The zero-order valence-electron chi connectivity index (χ0n) is 13.8. The Bertz CT molecular complexity index is 222. The average molecular weight is 269 g/mol. The van der Waals surface area contributed by atoms with Crippen molar-refractivity contribution in [2.45, 2.75) is 59.5 Å². The molecule has 3 nitrogen and oxygen atoms in total. The molecule has 1 heterocycles. The van der Waals surface area contributed by atoms with Gasteiger partial charge >= 0.3 is 0 Å². The third-order valence-corrected chi connectivity index (χ3v) is 4.48. The maximum Gasteiger partial charge on any atom is 0.0113 e. The van der Waals surface area contributed by atoms with E-state index in [1.54, 1.807) is 0 Å². The molecule has 1 aliphatic rings. The molecule has 19 heavy (non-hydrogen) atoms. The fourth-order valence-corrected chi connectivity index (χ4v) is 2.76. The Morgan fingerprint density at radius 3 is 1.89 bits per heavy atom. The van der Waals surface area contributed by atoms with E-state index in [-0.39, 0.29) is 0 Å². The van der Waals surface area contributed by atoms with E-state index in [9.17, 15) is 0 Å². The van der Waals surface area contributed by atoms with Gasteiger partial charge in [0.05, 0.1) is 0 Å². The van der Waals surface area contributed by atoms with E-state index in [2.05, 4.69) is 49.7 Å². The van der Waals surface area contributed by atoms with Gasteiger partial charge in [-0.25, -0.2) is 0 Å². The van der Waals surface area contributed by atoms with Crippen molar-refractivity contribution in [3.05, 3.63) is 0 Å². The SMILES string of the molecule is CCC(C)N1CCN(C(C)CCNCC(C)C)CC1. The summed E-state index contributed by atoms with van der Waals surface area (Å²) in [6.07, 6.45) is 2.55. The topological polar surface area (TPSA) is 18.5 Å². The van der Waals surface area contributed by atoms with Crippen molar-refractivity contribution < 1.29 is 0 Å². The molecule has 3 heteroatoms. The quantitative estimate of drug-likeness (QED) is 0.683. The highest BCUT2D eigenvalue weighted by Gasteiger charge is 2.22. The van der Waals surface area contributed by atoms with Crippen LogP contribution in [0.15, 0.2) is 0 Å². The van der Waals surface area contributed by atoms with Crippen LogP contribution < -0.4 is 5.32 Å². The van der Waals surface area contributed by atoms with Crippen molar-refractivity contribution in [2.75, 3.05) is 39.3 Å². The van der Waals surface area contributed by atoms with E-state index in [0.29, 0.717) is 0 Å². The molecule has 1 N–H and O–H groups in total. The van der Waals surface area contributed by atoms with Gasteiger partial charge in [-0.2, -0.15) is 0 Å². The minimum Gasteiger partial charge on any atom is -0.316 e. The summed E-state index contributed by atoms with van der Waals surface area (Å²) in [5.41, 5.74) is 0. The molecule has 1 fully saturated rings. The molecule has 1 saturated heterocycles. The summed E-state index contributed by atoms with van der Waals surface area (Å²) >= 11 is 0. The molecule has 0 bridgehead atoms. The van der Waals surface area contributed by atoms with E-state index < -0.39 is 0 Å². The second-order valence-corrected chi connectivity index (χ2v) is 6.56. The highest BCUT2D eigenvalue weighted by molar-refractivity contribution is 4.79. The second-order valence-electron chi connectivity index (χ2n) is 6.56. The van der Waals surface area contributed by atoms with Gasteiger partial charge in [0.15, 0.2) is 0 Å². The zero-order valence-corrected chi connectivity index (χ0v) is 13.8. The smallest absolute Gasteiger partial charge is 0.0113 e. The lowest BCUT2D eigenvalue weighted by molar-refractivity contribution is 0.0748.